The molecule has 2 fully saturated rings. The van der Waals surface area contributed by atoms with Gasteiger partial charge in [-0.3, -0.25) is 4.79 Å². The number of thiazole rings is 1. The number of carbonyl (C=O) groups excluding carboxylic acids is 1. The van der Waals surface area contributed by atoms with Crippen molar-refractivity contribution < 1.29 is 4.79 Å². The van der Waals surface area contributed by atoms with Crippen LogP contribution in [-0.4, -0.2) is 10.9 Å². The van der Waals surface area contributed by atoms with Crippen LogP contribution in [0.25, 0.3) is 0 Å². The molecule has 1 heterocycles. The summed E-state index contributed by atoms with van der Waals surface area (Å²) >= 11 is 1.42. The molecule has 19 heavy (non-hydrogen) atoms. The number of hydrogen-bond acceptors (Lipinski definition) is 4. The van der Waals surface area contributed by atoms with Crippen molar-refractivity contribution in [1.29, 1.82) is 0 Å². The number of amides is 1. The van der Waals surface area contributed by atoms with Gasteiger partial charge in [0.2, 0.25) is 5.91 Å². The Kier molecular flexibility index (Phi) is 3.73. The second-order valence-electron chi connectivity index (χ2n) is 5.72. The minimum Gasteiger partial charge on any atom is -0.389 e. The number of aromatic nitrogens is 1. The summed E-state index contributed by atoms with van der Waals surface area (Å²) in [7, 11) is 0. The molecule has 4 nitrogen and oxygen atoms in total. The summed E-state index contributed by atoms with van der Waals surface area (Å²) in [5.41, 5.74) is 7.10. The Balaban J connectivity index is 1.67. The summed E-state index contributed by atoms with van der Waals surface area (Å²) < 4.78 is 0. The highest BCUT2D eigenvalue weighted by molar-refractivity contribution is 7.19. The highest BCUT2D eigenvalue weighted by atomic mass is 32.1. The van der Waals surface area contributed by atoms with Gasteiger partial charge in [0, 0.05) is 11.8 Å². The number of nitrogens with zero attached hydrogens (tertiary/aromatic N) is 1. The van der Waals surface area contributed by atoms with Gasteiger partial charge in [0.1, 0.15) is 5.00 Å². The molecule has 2 aliphatic carbocycles. The van der Waals surface area contributed by atoms with Gasteiger partial charge < -0.3 is 11.1 Å². The molecule has 2 saturated carbocycles. The highest BCUT2D eigenvalue weighted by Crippen LogP contribution is 2.39. The summed E-state index contributed by atoms with van der Waals surface area (Å²) in [6.45, 7) is 0. The molecule has 0 aromatic carbocycles. The number of nitrogen functional groups attached to an aromatic ring is 1. The number of anilines is 2. The van der Waals surface area contributed by atoms with E-state index >= 15 is 0 Å². The second-order valence-corrected chi connectivity index (χ2v) is 6.75. The van der Waals surface area contributed by atoms with Crippen LogP contribution in [0.4, 0.5) is 10.1 Å². The standard InChI is InChI=1S/C14H21N3OS/c15-12-11(9-5-2-1-3-6-9)16-14(19-12)17-13(18)10-7-4-8-10/h9-10H,1-8,15H2,(H,16,17,18). The molecule has 1 aromatic rings. The maximum Gasteiger partial charge on any atom is 0.229 e. The summed E-state index contributed by atoms with van der Waals surface area (Å²) in [6.07, 6.45) is 9.44. The first-order chi connectivity index (χ1) is 9.24. The molecule has 2 aliphatic rings. The lowest BCUT2D eigenvalue weighted by Gasteiger charge is -2.23. The van der Waals surface area contributed by atoms with Crippen LogP contribution in [-0.2, 0) is 4.79 Å². The van der Waals surface area contributed by atoms with Crippen LogP contribution in [0.5, 0.6) is 0 Å². The molecule has 1 aromatic heterocycles. The number of nitrogens with one attached hydrogen (secondary N) is 1. The average molecular weight is 279 g/mol. The molecule has 5 heteroatoms. The Hall–Kier alpha value is -1.10. The van der Waals surface area contributed by atoms with Crippen LogP contribution < -0.4 is 11.1 Å². The van der Waals surface area contributed by atoms with E-state index in [1.807, 2.05) is 0 Å². The molecule has 0 bridgehead atoms. The van der Waals surface area contributed by atoms with Crippen molar-refractivity contribution in [2.45, 2.75) is 57.3 Å². The van der Waals surface area contributed by atoms with Gasteiger partial charge in [-0.05, 0) is 25.7 Å². The van der Waals surface area contributed by atoms with E-state index < -0.39 is 0 Å². The largest absolute Gasteiger partial charge is 0.389 e. The van der Waals surface area contributed by atoms with E-state index in [4.69, 9.17) is 5.73 Å². The lowest BCUT2D eigenvalue weighted by atomic mass is 9.85. The van der Waals surface area contributed by atoms with Crippen LogP contribution in [0, 0.1) is 5.92 Å². The zero-order chi connectivity index (χ0) is 13.2. The van der Waals surface area contributed by atoms with E-state index in [1.165, 1.54) is 49.9 Å². The lowest BCUT2D eigenvalue weighted by Crippen LogP contribution is -2.28. The fraction of sp³-hybridized carbons (Fsp3) is 0.714. The molecule has 0 aliphatic heterocycles. The van der Waals surface area contributed by atoms with Crippen molar-refractivity contribution in [3.8, 4) is 0 Å². The van der Waals surface area contributed by atoms with Gasteiger partial charge in [-0.2, -0.15) is 0 Å². The minimum atomic E-state index is 0.121. The fourth-order valence-corrected chi connectivity index (χ4v) is 3.76. The molecular formula is C14H21N3OS. The first-order valence-electron chi connectivity index (χ1n) is 7.31. The lowest BCUT2D eigenvalue weighted by molar-refractivity contribution is -0.122. The summed E-state index contributed by atoms with van der Waals surface area (Å²) in [5, 5.41) is 4.41. The van der Waals surface area contributed by atoms with E-state index in [9.17, 15) is 4.79 Å². The quantitative estimate of drug-likeness (QED) is 0.889. The van der Waals surface area contributed by atoms with Crippen molar-refractivity contribution in [3.05, 3.63) is 5.69 Å². The molecule has 104 valence electrons. The van der Waals surface area contributed by atoms with Crippen LogP contribution in [0.2, 0.25) is 0 Å². The predicted molar refractivity (Wildman–Crippen MR) is 78.3 cm³/mol. The third-order valence-electron chi connectivity index (χ3n) is 4.38. The highest BCUT2D eigenvalue weighted by Gasteiger charge is 2.27. The van der Waals surface area contributed by atoms with Gasteiger partial charge in [0.25, 0.3) is 0 Å². The molecule has 0 spiro atoms. The van der Waals surface area contributed by atoms with Crippen molar-refractivity contribution >= 4 is 27.4 Å². The molecule has 3 rings (SSSR count). The van der Waals surface area contributed by atoms with E-state index in [2.05, 4.69) is 10.3 Å². The van der Waals surface area contributed by atoms with Crippen LogP contribution in [0.3, 0.4) is 0 Å². The Morgan fingerprint density at radius 3 is 2.53 bits per heavy atom. The molecule has 1 amide bonds. The van der Waals surface area contributed by atoms with Crippen molar-refractivity contribution in [3.63, 3.8) is 0 Å². The maximum atomic E-state index is 11.9. The normalized spacial score (nSPS) is 21.1. The van der Waals surface area contributed by atoms with E-state index in [0.717, 1.165) is 23.5 Å². The Morgan fingerprint density at radius 2 is 1.89 bits per heavy atom. The van der Waals surface area contributed by atoms with Gasteiger partial charge >= 0.3 is 0 Å². The first-order valence-corrected chi connectivity index (χ1v) is 8.13. The monoisotopic (exact) mass is 279 g/mol. The van der Waals surface area contributed by atoms with Gasteiger partial charge in [-0.25, -0.2) is 4.98 Å². The van der Waals surface area contributed by atoms with Gasteiger partial charge in [0.15, 0.2) is 5.13 Å². The number of hydrogen-bond donors (Lipinski definition) is 2. The number of rotatable bonds is 3. The van der Waals surface area contributed by atoms with Crippen LogP contribution in [0.1, 0.15) is 63.0 Å². The van der Waals surface area contributed by atoms with E-state index in [-0.39, 0.29) is 11.8 Å². The summed E-state index contributed by atoms with van der Waals surface area (Å²) in [5.74, 6) is 0.817. The minimum absolute atomic E-state index is 0.121. The third kappa shape index (κ3) is 2.76. The number of carbonyl (C=O) groups is 1. The zero-order valence-electron chi connectivity index (χ0n) is 11.2. The van der Waals surface area contributed by atoms with Crippen LogP contribution in [0.15, 0.2) is 0 Å². The van der Waals surface area contributed by atoms with Crippen molar-refractivity contribution in [2.75, 3.05) is 11.1 Å². The molecule has 3 N–H and O–H groups in total. The fourth-order valence-electron chi connectivity index (χ4n) is 2.94. The topological polar surface area (TPSA) is 68.0 Å². The van der Waals surface area contributed by atoms with Crippen LogP contribution >= 0.6 is 11.3 Å². The van der Waals surface area contributed by atoms with E-state index in [1.54, 1.807) is 0 Å². The summed E-state index contributed by atoms with van der Waals surface area (Å²) in [6, 6.07) is 0. The Bertz CT molecular complexity index is 461. The summed E-state index contributed by atoms with van der Waals surface area (Å²) in [4.78, 5) is 16.5. The maximum absolute atomic E-state index is 11.9. The first kappa shape index (κ1) is 12.9. The smallest absolute Gasteiger partial charge is 0.229 e. The van der Waals surface area contributed by atoms with Crippen molar-refractivity contribution in [2.24, 2.45) is 5.92 Å². The van der Waals surface area contributed by atoms with E-state index in [0.29, 0.717) is 11.0 Å². The predicted octanol–water partition coefficient (Wildman–Crippen LogP) is 3.51. The van der Waals surface area contributed by atoms with Crippen molar-refractivity contribution in [1.82, 2.24) is 4.98 Å². The molecule has 0 saturated heterocycles. The molecular weight excluding hydrogens is 258 g/mol. The average Bonchev–Trinajstić information content (AvgIpc) is 2.69. The van der Waals surface area contributed by atoms with Gasteiger partial charge in [-0.1, -0.05) is 37.0 Å². The third-order valence-corrected chi connectivity index (χ3v) is 5.19. The molecule has 0 radical (unpaired) electrons. The Morgan fingerprint density at radius 1 is 1.16 bits per heavy atom. The second kappa shape index (κ2) is 5.49. The zero-order valence-corrected chi connectivity index (χ0v) is 12.0. The molecule has 0 unspecified atom stereocenters. The van der Waals surface area contributed by atoms with Gasteiger partial charge in [0.05, 0.1) is 5.69 Å². The Labute approximate surface area is 117 Å². The number of nitrogens with two attached hydrogens (primary N) is 1. The molecule has 0 atom stereocenters. The van der Waals surface area contributed by atoms with Gasteiger partial charge in [-0.15, -0.1) is 0 Å². The SMILES string of the molecule is Nc1sc(NC(=O)C2CCC2)nc1C1CCCCC1.